The van der Waals surface area contributed by atoms with Crippen LogP contribution in [0, 0.1) is 5.92 Å². The standard InChI is InChI=1S/C20H21N3O4/c1-20(2)11-12(7-9-26-20)17(24)22-13-5-6-16-14(10-13)18(25)23-15-4-3-8-21-19(15)27-16/h3-6,8,10,12H,7,9,11H2,1-2H3,(H,22,24)(H,23,25)/t12-/m1/s1. The Labute approximate surface area is 157 Å². The highest BCUT2D eigenvalue weighted by atomic mass is 16.5. The molecule has 2 amide bonds. The lowest BCUT2D eigenvalue weighted by molar-refractivity contribution is -0.130. The summed E-state index contributed by atoms with van der Waals surface area (Å²) in [6, 6.07) is 8.46. The summed E-state index contributed by atoms with van der Waals surface area (Å²) < 4.78 is 11.4. The first-order valence-electron chi connectivity index (χ1n) is 8.94. The van der Waals surface area contributed by atoms with Gasteiger partial charge in [0.1, 0.15) is 11.4 Å². The number of hydrogen-bond acceptors (Lipinski definition) is 5. The van der Waals surface area contributed by atoms with E-state index in [1.807, 2.05) is 13.8 Å². The number of fused-ring (bicyclic) bond motifs is 2. The van der Waals surface area contributed by atoms with Crippen LogP contribution in [0.4, 0.5) is 11.4 Å². The number of amides is 2. The summed E-state index contributed by atoms with van der Waals surface area (Å²) in [7, 11) is 0. The Morgan fingerprint density at radius 2 is 2.19 bits per heavy atom. The molecular weight excluding hydrogens is 346 g/mol. The van der Waals surface area contributed by atoms with E-state index in [1.54, 1.807) is 36.5 Å². The first kappa shape index (κ1) is 17.5. The van der Waals surface area contributed by atoms with Crippen LogP contribution in [-0.4, -0.2) is 29.0 Å². The van der Waals surface area contributed by atoms with Gasteiger partial charge in [-0.1, -0.05) is 0 Å². The van der Waals surface area contributed by atoms with Gasteiger partial charge in [0.05, 0.1) is 11.2 Å². The fraction of sp³-hybridized carbons (Fsp3) is 0.350. The first-order valence-corrected chi connectivity index (χ1v) is 8.94. The van der Waals surface area contributed by atoms with Gasteiger partial charge in [-0.2, -0.15) is 0 Å². The lowest BCUT2D eigenvalue weighted by Gasteiger charge is -2.34. The zero-order valence-corrected chi connectivity index (χ0v) is 15.2. The van der Waals surface area contributed by atoms with Gasteiger partial charge in [0, 0.05) is 24.4 Å². The third-order valence-corrected chi connectivity index (χ3v) is 4.79. The van der Waals surface area contributed by atoms with E-state index in [1.165, 1.54) is 0 Å². The van der Waals surface area contributed by atoms with Crippen molar-refractivity contribution in [2.75, 3.05) is 17.2 Å². The molecule has 7 heteroatoms. The number of carbonyl (C=O) groups is 2. The van der Waals surface area contributed by atoms with Crippen molar-refractivity contribution in [3.05, 3.63) is 42.1 Å². The lowest BCUT2D eigenvalue weighted by Crippen LogP contribution is -2.39. The zero-order valence-electron chi connectivity index (χ0n) is 15.2. The summed E-state index contributed by atoms with van der Waals surface area (Å²) in [5.74, 6) is 0.248. The normalized spacial score (nSPS) is 20.4. The van der Waals surface area contributed by atoms with Gasteiger partial charge in [-0.05, 0) is 57.0 Å². The van der Waals surface area contributed by atoms with Crippen molar-refractivity contribution in [2.24, 2.45) is 5.92 Å². The van der Waals surface area contributed by atoms with E-state index < -0.39 is 0 Å². The Kier molecular flexibility index (Phi) is 4.31. The number of rotatable bonds is 2. The molecule has 2 aliphatic heterocycles. The first-order chi connectivity index (χ1) is 12.9. The summed E-state index contributed by atoms with van der Waals surface area (Å²) in [6.07, 6.45) is 2.94. The minimum absolute atomic E-state index is 0.0637. The van der Waals surface area contributed by atoms with Crippen LogP contribution in [0.15, 0.2) is 36.5 Å². The van der Waals surface area contributed by atoms with Crippen molar-refractivity contribution in [3.63, 3.8) is 0 Å². The molecule has 27 heavy (non-hydrogen) atoms. The van der Waals surface area contributed by atoms with Gasteiger partial charge in [-0.3, -0.25) is 9.59 Å². The van der Waals surface area contributed by atoms with E-state index in [2.05, 4.69) is 15.6 Å². The van der Waals surface area contributed by atoms with Crippen LogP contribution in [0.3, 0.4) is 0 Å². The van der Waals surface area contributed by atoms with Crippen molar-refractivity contribution >= 4 is 23.2 Å². The largest absolute Gasteiger partial charge is 0.436 e. The second-order valence-corrected chi connectivity index (χ2v) is 7.41. The third kappa shape index (κ3) is 3.64. The fourth-order valence-electron chi connectivity index (χ4n) is 3.44. The van der Waals surface area contributed by atoms with E-state index in [9.17, 15) is 9.59 Å². The summed E-state index contributed by atoms with van der Waals surface area (Å²) >= 11 is 0. The van der Waals surface area contributed by atoms with E-state index in [4.69, 9.17) is 9.47 Å². The maximum absolute atomic E-state index is 12.6. The molecule has 0 aliphatic carbocycles. The Morgan fingerprint density at radius 1 is 1.33 bits per heavy atom. The Balaban J connectivity index is 1.54. The minimum atomic E-state index is -0.306. The van der Waals surface area contributed by atoms with Gasteiger partial charge < -0.3 is 20.1 Å². The number of ether oxygens (including phenoxy) is 2. The molecule has 1 aromatic heterocycles. The number of aromatic nitrogens is 1. The van der Waals surface area contributed by atoms with E-state index in [0.29, 0.717) is 48.0 Å². The van der Waals surface area contributed by atoms with Crippen LogP contribution in [0.25, 0.3) is 0 Å². The van der Waals surface area contributed by atoms with Crippen LogP contribution in [-0.2, 0) is 9.53 Å². The second-order valence-electron chi connectivity index (χ2n) is 7.41. The van der Waals surface area contributed by atoms with Gasteiger partial charge in [-0.25, -0.2) is 4.98 Å². The van der Waals surface area contributed by atoms with E-state index in [-0.39, 0.29) is 23.3 Å². The molecule has 1 fully saturated rings. The second kappa shape index (κ2) is 6.66. The van der Waals surface area contributed by atoms with Gasteiger partial charge in [-0.15, -0.1) is 0 Å². The minimum Gasteiger partial charge on any atom is -0.436 e. The molecule has 1 aromatic carbocycles. The molecule has 7 nitrogen and oxygen atoms in total. The maximum atomic E-state index is 12.6. The predicted molar refractivity (Wildman–Crippen MR) is 100 cm³/mol. The molecule has 2 N–H and O–H groups in total. The van der Waals surface area contributed by atoms with Crippen molar-refractivity contribution in [1.82, 2.24) is 4.98 Å². The lowest BCUT2D eigenvalue weighted by atomic mass is 9.88. The Hall–Kier alpha value is -2.93. The van der Waals surface area contributed by atoms with Crippen molar-refractivity contribution in [3.8, 4) is 11.6 Å². The smallest absolute Gasteiger partial charge is 0.259 e. The van der Waals surface area contributed by atoms with Crippen molar-refractivity contribution < 1.29 is 19.1 Å². The average molecular weight is 367 g/mol. The molecule has 2 aromatic rings. The van der Waals surface area contributed by atoms with Gasteiger partial charge in [0.25, 0.3) is 5.91 Å². The number of carbonyl (C=O) groups excluding carboxylic acids is 2. The number of anilines is 2. The molecule has 0 saturated carbocycles. The molecule has 0 spiro atoms. The van der Waals surface area contributed by atoms with Crippen molar-refractivity contribution in [2.45, 2.75) is 32.3 Å². The van der Waals surface area contributed by atoms with Crippen LogP contribution < -0.4 is 15.4 Å². The van der Waals surface area contributed by atoms with Crippen LogP contribution in [0.5, 0.6) is 11.6 Å². The molecule has 1 saturated heterocycles. The number of benzene rings is 1. The molecule has 0 unspecified atom stereocenters. The molecule has 0 bridgehead atoms. The van der Waals surface area contributed by atoms with Gasteiger partial charge >= 0.3 is 0 Å². The summed E-state index contributed by atoms with van der Waals surface area (Å²) in [6.45, 7) is 4.54. The SMILES string of the molecule is CC1(C)C[C@H](C(=O)Nc2ccc3c(c2)C(=O)Nc2cccnc2O3)CCO1. The number of nitrogens with one attached hydrogen (secondary N) is 2. The fourth-order valence-corrected chi connectivity index (χ4v) is 3.44. The molecule has 2 aliphatic rings. The number of nitrogens with zero attached hydrogens (tertiary/aromatic N) is 1. The predicted octanol–water partition coefficient (Wildman–Crippen LogP) is 3.58. The number of hydrogen-bond donors (Lipinski definition) is 2. The Morgan fingerprint density at radius 3 is 3.00 bits per heavy atom. The molecule has 3 heterocycles. The van der Waals surface area contributed by atoms with Gasteiger partial charge in [0.2, 0.25) is 11.8 Å². The summed E-state index contributed by atoms with van der Waals surface area (Å²) in [5.41, 5.74) is 1.10. The van der Waals surface area contributed by atoms with Crippen LogP contribution in [0.1, 0.15) is 37.0 Å². The third-order valence-electron chi connectivity index (χ3n) is 4.79. The Bertz CT molecular complexity index is 910. The molecule has 1 atom stereocenters. The van der Waals surface area contributed by atoms with Gasteiger partial charge in [0.15, 0.2) is 0 Å². The molecular formula is C20H21N3O4. The molecule has 140 valence electrons. The summed E-state index contributed by atoms with van der Waals surface area (Å²) in [4.78, 5) is 29.3. The highest BCUT2D eigenvalue weighted by molar-refractivity contribution is 6.08. The summed E-state index contributed by atoms with van der Waals surface area (Å²) in [5, 5.41) is 5.69. The zero-order chi connectivity index (χ0) is 19.0. The highest BCUT2D eigenvalue weighted by Gasteiger charge is 2.33. The monoisotopic (exact) mass is 367 g/mol. The number of pyridine rings is 1. The van der Waals surface area contributed by atoms with Crippen LogP contribution >= 0.6 is 0 Å². The average Bonchev–Trinajstić information content (AvgIpc) is 2.77. The van der Waals surface area contributed by atoms with Crippen LogP contribution in [0.2, 0.25) is 0 Å². The molecule has 0 radical (unpaired) electrons. The molecule has 4 rings (SSSR count). The highest BCUT2D eigenvalue weighted by Crippen LogP contribution is 2.35. The van der Waals surface area contributed by atoms with E-state index >= 15 is 0 Å². The quantitative estimate of drug-likeness (QED) is 0.847. The van der Waals surface area contributed by atoms with Crippen molar-refractivity contribution in [1.29, 1.82) is 0 Å². The topological polar surface area (TPSA) is 89.6 Å². The maximum Gasteiger partial charge on any atom is 0.259 e. The van der Waals surface area contributed by atoms with E-state index in [0.717, 1.165) is 0 Å².